The summed E-state index contributed by atoms with van der Waals surface area (Å²) in [6.45, 7) is 3.73. The van der Waals surface area contributed by atoms with E-state index >= 15 is 0 Å². The van der Waals surface area contributed by atoms with Crippen LogP contribution in [0.4, 0.5) is 5.69 Å². The molecule has 0 aliphatic rings. The number of benzene rings is 1. The molecule has 0 atom stereocenters. The third-order valence-electron chi connectivity index (χ3n) is 3.05. The van der Waals surface area contributed by atoms with Crippen molar-refractivity contribution in [2.45, 2.75) is 25.9 Å². The summed E-state index contributed by atoms with van der Waals surface area (Å²) in [4.78, 5) is 25.7. The van der Waals surface area contributed by atoms with E-state index in [0.29, 0.717) is 11.4 Å². The molecule has 0 unspecified atom stereocenters. The van der Waals surface area contributed by atoms with Gasteiger partial charge < -0.3 is 19.1 Å². The fourth-order valence-electron chi connectivity index (χ4n) is 2.11. The first-order valence-corrected chi connectivity index (χ1v) is 6.54. The Morgan fingerprint density at radius 2 is 1.52 bits per heavy atom. The van der Waals surface area contributed by atoms with Crippen molar-refractivity contribution in [1.29, 1.82) is 0 Å². The van der Waals surface area contributed by atoms with Gasteiger partial charge in [-0.05, 0) is 26.0 Å². The minimum atomic E-state index is -1.18. The molecule has 0 amide bonds. The van der Waals surface area contributed by atoms with E-state index in [0.717, 1.165) is 0 Å². The van der Waals surface area contributed by atoms with E-state index in [9.17, 15) is 9.59 Å². The molecule has 1 aromatic carbocycles. The fraction of sp³-hybridized carbons (Fsp3) is 0.467. The number of carbonyl (C=O) groups excluding carboxylic acids is 2. The minimum absolute atomic E-state index is 0.149. The summed E-state index contributed by atoms with van der Waals surface area (Å²) < 4.78 is 14.8. The average Bonchev–Trinajstić information content (AvgIpc) is 2.50. The number of carbonyl (C=O) groups is 2. The molecule has 21 heavy (non-hydrogen) atoms. The van der Waals surface area contributed by atoms with Crippen LogP contribution in [0.2, 0.25) is 0 Å². The summed E-state index contributed by atoms with van der Waals surface area (Å²) >= 11 is 0. The molecule has 0 saturated carbocycles. The van der Waals surface area contributed by atoms with E-state index in [-0.39, 0.29) is 6.04 Å². The Bertz CT molecular complexity index is 485. The van der Waals surface area contributed by atoms with Gasteiger partial charge in [-0.25, -0.2) is 9.59 Å². The van der Waals surface area contributed by atoms with Gasteiger partial charge in [-0.3, -0.25) is 0 Å². The van der Waals surface area contributed by atoms with Gasteiger partial charge >= 0.3 is 11.9 Å². The maximum Gasteiger partial charge on any atom is 0.340 e. The summed E-state index contributed by atoms with van der Waals surface area (Å²) in [7, 11) is 4.00. The first kappa shape index (κ1) is 16.8. The average molecular weight is 295 g/mol. The van der Waals surface area contributed by atoms with Crippen LogP contribution in [0.1, 0.15) is 13.8 Å². The highest BCUT2D eigenvalue weighted by atomic mass is 16.5. The number of hydrogen-bond donors (Lipinski definition) is 0. The van der Waals surface area contributed by atoms with Gasteiger partial charge in [-0.1, -0.05) is 12.1 Å². The monoisotopic (exact) mass is 295 g/mol. The van der Waals surface area contributed by atoms with Crippen molar-refractivity contribution in [3.8, 4) is 5.75 Å². The maximum absolute atomic E-state index is 12.0. The first-order valence-electron chi connectivity index (χ1n) is 6.54. The third-order valence-corrected chi connectivity index (χ3v) is 3.05. The molecule has 116 valence electrons. The first-order chi connectivity index (χ1) is 9.97. The Kier molecular flexibility index (Phi) is 6.02. The van der Waals surface area contributed by atoms with Gasteiger partial charge in [0.2, 0.25) is 6.04 Å². The number of rotatable bonds is 6. The summed E-state index contributed by atoms with van der Waals surface area (Å²) in [5.41, 5.74) is 0.621. The SMILES string of the molecule is COC(=O)C(C(=O)OC)N(c1ccccc1OC)C(C)C. The molecular formula is C15H21NO5. The van der Waals surface area contributed by atoms with E-state index in [2.05, 4.69) is 0 Å². The molecule has 0 aliphatic carbocycles. The number of para-hydroxylation sites is 2. The minimum Gasteiger partial charge on any atom is -0.495 e. The number of esters is 2. The summed E-state index contributed by atoms with van der Waals surface area (Å²) in [5, 5.41) is 0. The number of anilines is 1. The molecule has 0 N–H and O–H groups in total. The van der Waals surface area contributed by atoms with Gasteiger partial charge in [0.05, 0.1) is 27.0 Å². The molecule has 0 radical (unpaired) electrons. The van der Waals surface area contributed by atoms with Crippen LogP contribution in [-0.4, -0.2) is 45.4 Å². The Morgan fingerprint density at radius 1 is 1.00 bits per heavy atom. The predicted octanol–water partition coefficient (Wildman–Crippen LogP) is 1.62. The van der Waals surface area contributed by atoms with Gasteiger partial charge in [0.25, 0.3) is 0 Å². The van der Waals surface area contributed by atoms with E-state index in [1.54, 1.807) is 23.1 Å². The van der Waals surface area contributed by atoms with Crippen LogP contribution >= 0.6 is 0 Å². The van der Waals surface area contributed by atoms with E-state index in [1.807, 2.05) is 19.9 Å². The van der Waals surface area contributed by atoms with Crippen LogP contribution in [0.3, 0.4) is 0 Å². The van der Waals surface area contributed by atoms with Crippen molar-refractivity contribution in [3.05, 3.63) is 24.3 Å². The zero-order valence-corrected chi connectivity index (χ0v) is 13.0. The molecule has 6 heteroatoms. The molecule has 0 saturated heterocycles. The number of hydrogen-bond acceptors (Lipinski definition) is 6. The normalized spacial score (nSPS) is 10.4. The lowest BCUT2D eigenvalue weighted by Crippen LogP contribution is -2.51. The molecule has 6 nitrogen and oxygen atoms in total. The Hall–Kier alpha value is -2.24. The Balaban J connectivity index is 3.37. The van der Waals surface area contributed by atoms with E-state index < -0.39 is 18.0 Å². The number of nitrogens with zero attached hydrogens (tertiary/aromatic N) is 1. The molecule has 1 rings (SSSR count). The number of methoxy groups -OCH3 is 3. The zero-order valence-electron chi connectivity index (χ0n) is 13.0. The lowest BCUT2D eigenvalue weighted by molar-refractivity contribution is -0.154. The molecule has 0 aromatic heterocycles. The molecule has 0 spiro atoms. The fourth-order valence-corrected chi connectivity index (χ4v) is 2.11. The smallest absolute Gasteiger partial charge is 0.340 e. The standard InChI is InChI=1S/C15H21NO5/c1-10(2)16(11-8-6-7-9-12(11)19-3)13(14(17)20-4)15(18)21-5/h6-10,13H,1-5H3. The lowest BCUT2D eigenvalue weighted by atomic mass is 10.1. The maximum atomic E-state index is 12.0. The largest absolute Gasteiger partial charge is 0.495 e. The van der Waals surface area contributed by atoms with E-state index in [4.69, 9.17) is 14.2 Å². The third kappa shape index (κ3) is 3.65. The number of ether oxygens (including phenoxy) is 3. The van der Waals surface area contributed by atoms with Crippen LogP contribution in [-0.2, 0) is 19.1 Å². The van der Waals surface area contributed by atoms with E-state index in [1.165, 1.54) is 21.3 Å². The van der Waals surface area contributed by atoms with Crippen molar-refractivity contribution in [2.24, 2.45) is 0 Å². The Morgan fingerprint density at radius 3 is 1.95 bits per heavy atom. The molecule has 0 heterocycles. The van der Waals surface area contributed by atoms with Crippen molar-refractivity contribution >= 4 is 17.6 Å². The van der Waals surface area contributed by atoms with Gasteiger partial charge in [-0.15, -0.1) is 0 Å². The molecule has 1 aromatic rings. The molecule has 0 aliphatic heterocycles. The highest BCUT2D eigenvalue weighted by Gasteiger charge is 2.37. The van der Waals surface area contributed by atoms with Crippen LogP contribution in [0.25, 0.3) is 0 Å². The van der Waals surface area contributed by atoms with Crippen LogP contribution in [0, 0.1) is 0 Å². The van der Waals surface area contributed by atoms with Crippen molar-refractivity contribution < 1.29 is 23.8 Å². The second kappa shape index (κ2) is 7.52. The predicted molar refractivity (Wildman–Crippen MR) is 78.4 cm³/mol. The highest BCUT2D eigenvalue weighted by Crippen LogP contribution is 2.31. The Labute approximate surface area is 124 Å². The van der Waals surface area contributed by atoms with Crippen molar-refractivity contribution in [3.63, 3.8) is 0 Å². The quantitative estimate of drug-likeness (QED) is 0.587. The second-order valence-corrected chi connectivity index (χ2v) is 4.62. The summed E-state index contributed by atoms with van der Waals surface area (Å²) in [6.07, 6.45) is 0. The van der Waals surface area contributed by atoms with Crippen LogP contribution < -0.4 is 9.64 Å². The van der Waals surface area contributed by atoms with Crippen LogP contribution in [0.15, 0.2) is 24.3 Å². The highest BCUT2D eigenvalue weighted by molar-refractivity contribution is 6.03. The molecular weight excluding hydrogens is 274 g/mol. The van der Waals surface area contributed by atoms with Crippen molar-refractivity contribution in [1.82, 2.24) is 0 Å². The summed E-state index contributed by atoms with van der Waals surface area (Å²) in [5.74, 6) is -0.799. The van der Waals surface area contributed by atoms with Crippen molar-refractivity contribution in [2.75, 3.05) is 26.2 Å². The molecule has 0 bridgehead atoms. The topological polar surface area (TPSA) is 65.1 Å². The second-order valence-electron chi connectivity index (χ2n) is 4.62. The van der Waals surface area contributed by atoms with Gasteiger partial charge in [0.15, 0.2) is 0 Å². The summed E-state index contributed by atoms with van der Waals surface area (Å²) in [6, 6.07) is 5.82. The van der Waals surface area contributed by atoms with Crippen LogP contribution in [0.5, 0.6) is 5.75 Å². The van der Waals surface area contributed by atoms with Gasteiger partial charge in [-0.2, -0.15) is 0 Å². The van der Waals surface area contributed by atoms with Gasteiger partial charge in [0.1, 0.15) is 5.75 Å². The van der Waals surface area contributed by atoms with Gasteiger partial charge in [0, 0.05) is 6.04 Å². The lowest BCUT2D eigenvalue weighted by Gasteiger charge is -2.34. The zero-order chi connectivity index (χ0) is 16.0. The molecule has 0 fully saturated rings.